The van der Waals surface area contributed by atoms with E-state index >= 15 is 0 Å². The highest BCUT2D eigenvalue weighted by molar-refractivity contribution is 5.29. The van der Waals surface area contributed by atoms with Gasteiger partial charge < -0.3 is 15.0 Å². The fourth-order valence-electron chi connectivity index (χ4n) is 2.65. The summed E-state index contributed by atoms with van der Waals surface area (Å²) in [5.41, 5.74) is 1.33. The SMILES string of the molecule is CNC(CN1CCC(C)C1)c1ccc(OC)cc1. The van der Waals surface area contributed by atoms with Gasteiger partial charge in [0.25, 0.3) is 0 Å². The largest absolute Gasteiger partial charge is 0.497 e. The minimum absolute atomic E-state index is 0.404. The lowest BCUT2D eigenvalue weighted by atomic mass is 10.1. The Morgan fingerprint density at radius 2 is 2.11 bits per heavy atom. The molecule has 0 aromatic heterocycles. The van der Waals surface area contributed by atoms with E-state index in [1.807, 2.05) is 19.2 Å². The highest BCUT2D eigenvalue weighted by Crippen LogP contribution is 2.21. The Morgan fingerprint density at radius 3 is 2.61 bits per heavy atom. The zero-order valence-electron chi connectivity index (χ0n) is 11.6. The molecule has 2 unspecified atom stereocenters. The summed E-state index contributed by atoms with van der Waals surface area (Å²) in [6.45, 7) is 5.89. The van der Waals surface area contributed by atoms with Crippen molar-refractivity contribution < 1.29 is 4.74 Å². The molecule has 0 radical (unpaired) electrons. The van der Waals surface area contributed by atoms with Crippen molar-refractivity contribution in [3.8, 4) is 5.75 Å². The molecule has 2 atom stereocenters. The third-order valence-electron chi connectivity index (χ3n) is 3.82. The fourth-order valence-corrected chi connectivity index (χ4v) is 2.65. The smallest absolute Gasteiger partial charge is 0.118 e. The molecule has 2 rings (SSSR count). The van der Waals surface area contributed by atoms with Gasteiger partial charge in [-0.3, -0.25) is 0 Å². The molecule has 100 valence electrons. The van der Waals surface area contributed by atoms with Crippen LogP contribution in [0.1, 0.15) is 24.9 Å². The molecule has 1 fully saturated rings. The average molecular weight is 248 g/mol. The van der Waals surface area contributed by atoms with E-state index in [-0.39, 0.29) is 0 Å². The summed E-state index contributed by atoms with van der Waals surface area (Å²) < 4.78 is 5.20. The molecule has 1 aliphatic rings. The number of likely N-dealkylation sites (tertiary alicyclic amines) is 1. The number of benzene rings is 1. The van der Waals surface area contributed by atoms with E-state index in [0.717, 1.165) is 18.2 Å². The number of hydrogen-bond donors (Lipinski definition) is 1. The normalized spacial score (nSPS) is 22.1. The summed E-state index contributed by atoms with van der Waals surface area (Å²) in [7, 11) is 3.74. The van der Waals surface area contributed by atoms with Crippen molar-refractivity contribution in [2.24, 2.45) is 5.92 Å². The first-order valence-corrected chi connectivity index (χ1v) is 6.76. The summed E-state index contributed by atoms with van der Waals surface area (Å²) in [6, 6.07) is 8.78. The predicted octanol–water partition coefficient (Wildman–Crippen LogP) is 2.30. The Bertz CT molecular complexity index is 363. The van der Waals surface area contributed by atoms with Crippen LogP contribution in [0, 0.1) is 5.92 Å². The fraction of sp³-hybridized carbons (Fsp3) is 0.600. The van der Waals surface area contributed by atoms with Crippen LogP contribution in [0.3, 0.4) is 0 Å². The summed E-state index contributed by atoms with van der Waals surface area (Å²) in [5, 5.41) is 3.42. The molecule has 1 aliphatic heterocycles. The van der Waals surface area contributed by atoms with Crippen molar-refractivity contribution in [1.82, 2.24) is 10.2 Å². The van der Waals surface area contributed by atoms with Gasteiger partial charge in [0.1, 0.15) is 5.75 Å². The van der Waals surface area contributed by atoms with Gasteiger partial charge >= 0.3 is 0 Å². The molecule has 0 amide bonds. The van der Waals surface area contributed by atoms with Crippen molar-refractivity contribution in [3.05, 3.63) is 29.8 Å². The minimum atomic E-state index is 0.404. The van der Waals surface area contributed by atoms with Crippen LogP contribution >= 0.6 is 0 Å². The maximum absolute atomic E-state index is 5.20. The van der Waals surface area contributed by atoms with Crippen molar-refractivity contribution in [2.75, 3.05) is 33.8 Å². The standard InChI is InChI=1S/C15H24N2O/c1-12-8-9-17(10-12)11-15(16-2)13-4-6-14(18-3)7-5-13/h4-7,12,15-16H,8-11H2,1-3H3. The molecule has 18 heavy (non-hydrogen) atoms. The van der Waals surface area contributed by atoms with Gasteiger partial charge in [-0.1, -0.05) is 19.1 Å². The first-order valence-electron chi connectivity index (χ1n) is 6.76. The van der Waals surface area contributed by atoms with E-state index in [2.05, 4.69) is 29.3 Å². The van der Waals surface area contributed by atoms with Crippen LogP contribution in [0.25, 0.3) is 0 Å². The molecule has 0 aliphatic carbocycles. The average Bonchev–Trinajstić information content (AvgIpc) is 2.82. The van der Waals surface area contributed by atoms with Gasteiger partial charge in [-0.2, -0.15) is 0 Å². The summed E-state index contributed by atoms with van der Waals surface area (Å²) >= 11 is 0. The molecule has 0 saturated carbocycles. The zero-order valence-corrected chi connectivity index (χ0v) is 11.6. The minimum Gasteiger partial charge on any atom is -0.497 e. The van der Waals surface area contributed by atoms with Crippen molar-refractivity contribution in [3.63, 3.8) is 0 Å². The second-order valence-electron chi connectivity index (χ2n) is 5.27. The summed E-state index contributed by atoms with van der Waals surface area (Å²) in [5.74, 6) is 1.77. The zero-order chi connectivity index (χ0) is 13.0. The quantitative estimate of drug-likeness (QED) is 0.865. The van der Waals surface area contributed by atoms with Crippen LogP contribution in [-0.2, 0) is 0 Å². The second kappa shape index (κ2) is 6.21. The molecule has 0 bridgehead atoms. The number of rotatable bonds is 5. The molecule has 1 saturated heterocycles. The lowest BCUT2D eigenvalue weighted by Crippen LogP contribution is -2.32. The molecule has 3 nitrogen and oxygen atoms in total. The second-order valence-corrected chi connectivity index (χ2v) is 5.27. The number of methoxy groups -OCH3 is 1. The van der Waals surface area contributed by atoms with E-state index in [4.69, 9.17) is 4.74 Å². The number of nitrogens with zero attached hydrogens (tertiary/aromatic N) is 1. The van der Waals surface area contributed by atoms with Gasteiger partial charge in [-0.25, -0.2) is 0 Å². The van der Waals surface area contributed by atoms with E-state index in [1.165, 1.54) is 25.1 Å². The van der Waals surface area contributed by atoms with E-state index < -0.39 is 0 Å². The Kier molecular flexibility index (Phi) is 4.61. The van der Waals surface area contributed by atoms with E-state index in [9.17, 15) is 0 Å². The monoisotopic (exact) mass is 248 g/mol. The van der Waals surface area contributed by atoms with Gasteiger partial charge in [-0.05, 0) is 43.6 Å². The van der Waals surface area contributed by atoms with Crippen molar-refractivity contribution in [2.45, 2.75) is 19.4 Å². The highest BCUT2D eigenvalue weighted by atomic mass is 16.5. The van der Waals surface area contributed by atoms with Crippen LogP contribution in [0.2, 0.25) is 0 Å². The number of nitrogens with one attached hydrogen (secondary N) is 1. The van der Waals surface area contributed by atoms with Gasteiger partial charge in [0.15, 0.2) is 0 Å². The van der Waals surface area contributed by atoms with Gasteiger partial charge in [0.2, 0.25) is 0 Å². The third-order valence-corrected chi connectivity index (χ3v) is 3.82. The number of ether oxygens (including phenoxy) is 1. The van der Waals surface area contributed by atoms with E-state index in [1.54, 1.807) is 7.11 Å². The Balaban J connectivity index is 1.98. The first kappa shape index (κ1) is 13.4. The van der Waals surface area contributed by atoms with Gasteiger partial charge in [0, 0.05) is 19.1 Å². The Hall–Kier alpha value is -1.06. The molecule has 3 heteroatoms. The Labute approximate surface area is 110 Å². The molecular weight excluding hydrogens is 224 g/mol. The van der Waals surface area contributed by atoms with Crippen LogP contribution < -0.4 is 10.1 Å². The molecule has 1 aromatic carbocycles. The van der Waals surface area contributed by atoms with Crippen LogP contribution in [-0.4, -0.2) is 38.7 Å². The maximum Gasteiger partial charge on any atom is 0.118 e. The molecular formula is C15H24N2O. The van der Waals surface area contributed by atoms with Gasteiger partial charge in [0.05, 0.1) is 7.11 Å². The lowest BCUT2D eigenvalue weighted by molar-refractivity contribution is 0.291. The lowest BCUT2D eigenvalue weighted by Gasteiger charge is -2.23. The molecule has 1 N–H and O–H groups in total. The topological polar surface area (TPSA) is 24.5 Å². The highest BCUT2D eigenvalue weighted by Gasteiger charge is 2.21. The predicted molar refractivity (Wildman–Crippen MR) is 75.0 cm³/mol. The van der Waals surface area contributed by atoms with E-state index in [0.29, 0.717) is 6.04 Å². The van der Waals surface area contributed by atoms with Crippen LogP contribution in [0.4, 0.5) is 0 Å². The van der Waals surface area contributed by atoms with Gasteiger partial charge in [-0.15, -0.1) is 0 Å². The Morgan fingerprint density at radius 1 is 1.39 bits per heavy atom. The molecule has 1 aromatic rings. The van der Waals surface area contributed by atoms with Crippen molar-refractivity contribution in [1.29, 1.82) is 0 Å². The number of likely N-dealkylation sites (N-methyl/N-ethyl adjacent to an activating group) is 1. The third kappa shape index (κ3) is 3.24. The van der Waals surface area contributed by atoms with Crippen molar-refractivity contribution >= 4 is 0 Å². The van der Waals surface area contributed by atoms with Crippen LogP contribution in [0.15, 0.2) is 24.3 Å². The first-order chi connectivity index (χ1) is 8.72. The van der Waals surface area contributed by atoms with Crippen LogP contribution in [0.5, 0.6) is 5.75 Å². The molecule has 1 heterocycles. The summed E-state index contributed by atoms with van der Waals surface area (Å²) in [4.78, 5) is 2.55. The summed E-state index contributed by atoms with van der Waals surface area (Å²) in [6.07, 6.45) is 1.33. The maximum atomic E-state index is 5.20. The number of hydrogen-bond acceptors (Lipinski definition) is 3. The molecule has 0 spiro atoms.